The van der Waals surface area contributed by atoms with Gasteiger partial charge in [0.25, 0.3) is 0 Å². The third-order valence-corrected chi connectivity index (χ3v) is 3.39. The summed E-state index contributed by atoms with van der Waals surface area (Å²) in [5, 5.41) is 4.52. The molecule has 2 rings (SSSR count). The van der Waals surface area contributed by atoms with Crippen molar-refractivity contribution in [1.82, 2.24) is 15.1 Å². The quantitative estimate of drug-likeness (QED) is 0.793. The van der Waals surface area contributed by atoms with Crippen molar-refractivity contribution in [1.29, 1.82) is 0 Å². The van der Waals surface area contributed by atoms with E-state index in [-0.39, 0.29) is 5.54 Å². The summed E-state index contributed by atoms with van der Waals surface area (Å²) in [6, 6.07) is 2.11. The molecule has 0 fully saturated rings. The summed E-state index contributed by atoms with van der Waals surface area (Å²) in [6.07, 6.45) is 7.55. The predicted molar refractivity (Wildman–Crippen MR) is 73.7 cm³/mol. The first-order valence-corrected chi connectivity index (χ1v) is 6.59. The van der Waals surface area contributed by atoms with Crippen molar-refractivity contribution in [3.05, 3.63) is 47.8 Å². The Kier molecular flexibility index (Phi) is 3.60. The third kappa shape index (κ3) is 2.78. The monoisotopic (exact) mass is 257 g/mol. The highest BCUT2D eigenvalue weighted by Crippen LogP contribution is 2.16. The minimum atomic E-state index is -0.309. The van der Waals surface area contributed by atoms with E-state index in [0.29, 0.717) is 5.92 Å². The summed E-state index contributed by atoms with van der Waals surface area (Å²) < 4.78 is 1.93. The molecular formula is C15H21N4+. The molecule has 0 atom stereocenters. The lowest BCUT2D eigenvalue weighted by molar-refractivity contribution is -0.800. The molecule has 2 aromatic rings. The molecule has 0 aliphatic heterocycles. The highest BCUT2D eigenvalue weighted by Gasteiger charge is 2.34. The minimum absolute atomic E-state index is 0.309. The topological polar surface area (TPSA) is 42.5 Å². The van der Waals surface area contributed by atoms with E-state index in [1.165, 1.54) is 5.56 Å². The summed E-state index contributed by atoms with van der Waals surface area (Å²) in [4.78, 5) is 8.77. The molecule has 2 aromatic heterocycles. The fraction of sp³-hybridized carbons (Fsp3) is 0.467. The molecule has 0 saturated heterocycles. The zero-order chi connectivity index (χ0) is 14.0. The summed E-state index contributed by atoms with van der Waals surface area (Å²) in [5.41, 5.74) is 2.76. The van der Waals surface area contributed by atoms with Gasteiger partial charge >= 0.3 is 0 Å². The molecule has 0 aliphatic carbocycles. The molecule has 0 N–H and O–H groups in total. The summed E-state index contributed by atoms with van der Waals surface area (Å²) in [6.45, 7) is 10.4. The van der Waals surface area contributed by atoms with Gasteiger partial charge in [-0.1, -0.05) is 18.5 Å². The zero-order valence-corrected chi connectivity index (χ0v) is 12.3. The van der Waals surface area contributed by atoms with Crippen LogP contribution in [0, 0.1) is 6.92 Å². The summed E-state index contributed by atoms with van der Waals surface area (Å²) >= 11 is 0. The van der Waals surface area contributed by atoms with Crippen molar-refractivity contribution in [3.8, 4) is 0 Å². The summed E-state index contributed by atoms with van der Waals surface area (Å²) in [5.74, 6) is 0.490. The van der Waals surface area contributed by atoms with E-state index >= 15 is 0 Å². The normalized spacial score (nSPS) is 11.9. The van der Waals surface area contributed by atoms with Gasteiger partial charge in [0.2, 0.25) is 5.54 Å². The van der Waals surface area contributed by atoms with E-state index in [1.807, 2.05) is 30.2 Å². The van der Waals surface area contributed by atoms with Crippen molar-refractivity contribution in [3.63, 3.8) is 0 Å². The molecule has 100 valence electrons. The molecule has 2 heterocycles. The molecule has 0 spiro atoms. The fourth-order valence-electron chi connectivity index (χ4n) is 1.87. The van der Waals surface area contributed by atoms with Gasteiger partial charge in [0.15, 0.2) is 6.20 Å². The molecular weight excluding hydrogens is 236 g/mol. The molecule has 0 radical (unpaired) electrons. The maximum Gasteiger partial charge on any atom is 0.231 e. The number of aryl methyl sites for hydroxylation is 1. The summed E-state index contributed by atoms with van der Waals surface area (Å²) in [7, 11) is 0. The van der Waals surface area contributed by atoms with Crippen molar-refractivity contribution in [2.45, 2.75) is 46.1 Å². The molecule has 0 aliphatic rings. The Bertz CT molecular complexity index is 541. The van der Waals surface area contributed by atoms with Crippen LogP contribution in [-0.2, 0) is 5.54 Å². The van der Waals surface area contributed by atoms with Gasteiger partial charge in [-0.25, -0.2) is 0 Å². The van der Waals surface area contributed by atoms with Crippen LogP contribution < -0.4 is 4.68 Å². The first-order chi connectivity index (χ1) is 8.91. The highest BCUT2D eigenvalue weighted by molar-refractivity contribution is 5.10. The largest absolute Gasteiger partial charge is 0.258 e. The molecule has 4 heteroatoms. The van der Waals surface area contributed by atoms with Crippen molar-refractivity contribution in [2.24, 2.45) is 0 Å². The van der Waals surface area contributed by atoms with Crippen LogP contribution in [0.15, 0.2) is 30.9 Å². The average Bonchev–Trinajstić information content (AvgIpc) is 2.39. The van der Waals surface area contributed by atoms with Crippen LogP contribution in [0.4, 0.5) is 0 Å². The number of hydrogen-bond acceptors (Lipinski definition) is 3. The van der Waals surface area contributed by atoms with E-state index in [9.17, 15) is 0 Å². The predicted octanol–water partition coefficient (Wildman–Crippen LogP) is 2.37. The van der Waals surface area contributed by atoms with Crippen LogP contribution in [-0.4, -0.2) is 15.1 Å². The average molecular weight is 257 g/mol. The van der Waals surface area contributed by atoms with Crippen LogP contribution in [0.5, 0.6) is 0 Å². The standard InChI is InChI=1S/C15H21N4/c1-11(2)13-6-7-19(18-9-13)15(4,5)14-10-16-12(3)8-17-14/h6-11H,1-5H3/q+1. The second-order valence-corrected chi connectivity index (χ2v) is 5.66. The van der Waals surface area contributed by atoms with Crippen molar-refractivity contribution in [2.75, 3.05) is 0 Å². The second-order valence-electron chi connectivity index (χ2n) is 5.66. The first-order valence-electron chi connectivity index (χ1n) is 6.59. The SMILES string of the molecule is Cc1cnc(C(C)(C)[n+]2ccc(C(C)C)cn2)cn1. The second kappa shape index (κ2) is 5.03. The Hall–Kier alpha value is -1.84. The molecule has 19 heavy (non-hydrogen) atoms. The maximum absolute atomic E-state index is 4.52. The molecule has 0 bridgehead atoms. The Morgan fingerprint density at radius 2 is 1.84 bits per heavy atom. The third-order valence-electron chi connectivity index (χ3n) is 3.39. The van der Waals surface area contributed by atoms with Gasteiger partial charge in [-0.05, 0) is 23.5 Å². The fourth-order valence-corrected chi connectivity index (χ4v) is 1.87. The lowest BCUT2D eigenvalue weighted by Gasteiger charge is -2.16. The Balaban J connectivity index is 2.35. The van der Waals surface area contributed by atoms with Gasteiger partial charge in [-0.2, -0.15) is 0 Å². The van der Waals surface area contributed by atoms with Crippen molar-refractivity contribution < 1.29 is 4.68 Å². The van der Waals surface area contributed by atoms with E-state index in [4.69, 9.17) is 0 Å². The van der Waals surface area contributed by atoms with Gasteiger partial charge in [-0.15, -0.1) is 0 Å². The smallest absolute Gasteiger partial charge is 0.231 e. The molecule has 0 aromatic carbocycles. The van der Waals surface area contributed by atoms with E-state index in [0.717, 1.165) is 11.4 Å². The van der Waals surface area contributed by atoms with Crippen LogP contribution in [0.1, 0.15) is 50.6 Å². The van der Waals surface area contributed by atoms with E-state index in [2.05, 4.69) is 48.8 Å². The van der Waals surface area contributed by atoms with E-state index < -0.39 is 0 Å². The Morgan fingerprint density at radius 3 is 2.32 bits per heavy atom. The lowest BCUT2D eigenvalue weighted by Crippen LogP contribution is -2.55. The van der Waals surface area contributed by atoms with Gasteiger partial charge in [-0.3, -0.25) is 9.97 Å². The van der Waals surface area contributed by atoms with Gasteiger partial charge < -0.3 is 0 Å². The maximum atomic E-state index is 4.52. The van der Waals surface area contributed by atoms with Crippen LogP contribution in [0.2, 0.25) is 0 Å². The minimum Gasteiger partial charge on any atom is -0.258 e. The Labute approximate surface area is 114 Å². The first kappa shape index (κ1) is 13.6. The van der Waals surface area contributed by atoms with Crippen molar-refractivity contribution >= 4 is 0 Å². The van der Waals surface area contributed by atoms with E-state index in [1.54, 1.807) is 6.20 Å². The molecule has 0 amide bonds. The number of nitrogens with zero attached hydrogens (tertiary/aromatic N) is 4. The molecule has 4 nitrogen and oxygen atoms in total. The van der Waals surface area contributed by atoms with Crippen LogP contribution in [0.3, 0.4) is 0 Å². The highest BCUT2D eigenvalue weighted by atomic mass is 15.3. The van der Waals surface area contributed by atoms with Gasteiger partial charge in [0, 0.05) is 26.1 Å². The lowest BCUT2D eigenvalue weighted by atomic mass is 10.0. The van der Waals surface area contributed by atoms with Gasteiger partial charge in [0.05, 0.1) is 18.1 Å². The Morgan fingerprint density at radius 1 is 1.11 bits per heavy atom. The molecule has 0 unspecified atom stereocenters. The zero-order valence-electron chi connectivity index (χ0n) is 12.3. The number of hydrogen-bond donors (Lipinski definition) is 0. The van der Waals surface area contributed by atoms with Gasteiger partial charge in [0.1, 0.15) is 5.69 Å². The number of rotatable bonds is 3. The van der Waals surface area contributed by atoms with Crippen LogP contribution in [0.25, 0.3) is 0 Å². The number of aromatic nitrogens is 4. The van der Waals surface area contributed by atoms with Crippen LogP contribution >= 0.6 is 0 Å². The molecule has 0 saturated carbocycles.